The van der Waals surface area contributed by atoms with Gasteiger partial charge >= 0.3 is 5.91 Å². The Morgan fingerprint density at radius 2 is 2.59 bits per heavy atom. The summed E-state index contributed by atoms with van der Waals surface area (Å²) in [6.07, 6.45) is 3.75. The second-order valence-electron chi connectivity index (χ2n) is 3.93. The van der Waals surface area contributed by atoms with Crippen molar-refractivity contribution in [2.45, 2.75) is 18.4 Å². The smallest absolute Gasteiger partial charge is 0.304 e. The number of hydrogen-bond donors (Lipinski definition) is 1. The number of carbonyl (C=O) groups excluding carboxylic acids is 1. The zero-order chi connectivity index (χ0) is 12.4. The highest BCUT2D eigenvalue weighted by molar-refractivity contribution is 5.87. The summed E-state index contributed by atoms with van der Waals surface area (Å²) in [6, 6.07) is -0.418. The summed E-state index contributed by atoms with van der Waals surface area (Å²) in [6.45, 7) is -0.194. The first-order chi connectivity index (χ1) is 8.15. The van der Waals surface area contributed by atoms with E-state index < -0.39 is 18.6 Å². The molecule has 1 aromatic rings. The largest absolute Gasteiger partial charge is 0.441 e. The van der Waals surface area contributed by atoms with Crippen LogP contribution in [-0.2, 0) is 0 Å². The number of rotatable bonds is 3. The maximum atomic E-state index is 12.6. The van der Waals surface area contributed by atoms with E-state index in [1.54, 1.807) is 0 Å². The van der Waals surface area contributed by atoms with Crippen LogP contribution < -0.4 is 5.73 Å². The van der Waals surface area contributed by atoms with E-state index >= 15 is 0 Å². The van der Waals surface area contributed by atoms with Crippen LogP contribution in [0.5, 0.6) is 0 Å². The first-order valence-corrected chi connectivity index (χ1v) is 5.13. The van der Waals surface area contributed by atoms with Crippen LogP contribution in [0, 0.1) is 11.5 Å². The SMILES string of the molecule is N#CN1C[C@H](c2coc(C(N)=O)n2)C[C@H]1CF. The van der Waals surface area contributed by atoms with Crippen LogP contribution in [0.25, 0.3) is 0 Å². The Balaban J connectivity index is 2.14. The van der Waals surface area contributed by atoms with E-state index in [-0.39, 0.29) is 11.8 Å². The van der Waals surface area contributed by atoms with Gasteiger partial charge in [0.25, 0.3) is 5.89 Å². The first kappa shape index (κ1) is 11.4. The lowest BCUT2D eigenvalue weighted by Gasteiger charge is -2.12. The molecule has 2 heterocycles. The third-order valence-corrected chi connectivity index (χ3v) is 2.87. The van der Waals surface area contributed by atoms with Gasteiger partial charge < -0.3 is 15.1 Å². The molecule has 2 atom stereocenters. The van der Waals surface area contributed by atoms with Crippen molar-refractivity contribution in [3.05, 3.63) is 17.8 Å². The van der Waals surface area contributed by atoms with Crippen molar-refractivity contribution in [3.8, 4) is 6.19 Å². The second-order valence-corrected chi connectivity index (χ2v) is 3.93. The fraction of sp³-hybridized carbons (Fsp3) is 0.500. The minimum Gasteiger partial charge on any atom is -0.441 e. The summed E-state index contributed by atoms with van der Waals surface area (Å²) in [5.74, 6) is -1.01. The van der Waals surface area contributed by atoms with Crippen molar-refractivity contribution in [3.63, 3.8) is 0 Å². The number of oxazole rings is 1. The van der Waals surface area contributed by atoms with Gasteiger partial charge in [-0.25, -0.2) is 9.37 Å². The zero-order valence-corrected chi connectivity index (χ0v) is 8.97. The van der Waals surface area contributed by atoms with E-state index in [4.69, 9.17) is 15.4 Å². The zero-order valence-electron chi connectivity index (χ0n) is 8.97. The number of likely N-dealkylation sites (tertiary alicyclic amines) is 1. The van der Waals surface area contributed by atoms with Crippen molar-refractivity contribution in [1.82, 2.24) is 9.88 Å². The lowest BCUT2D eigenvalue weighted by Crippen LogP contribution is -2.25. The van der Waals surface area contributed by atoms with Crippen LogP contribution in [-0.4, -0.2) is 35.1 Å². The molecule has 0 spiro atoms. The Labute approximate surface area is 96.8 Å². The molecule has 1 saturated heterocycles. The molecule has 0 aliphatic carbocycles. The summed E-state index contributed by atoms with van der Waals surface area (Å²) in [7, 11) is 0. The molecule has 0 radical (unpaired) electrons. The van der Waals surface area contributed by atoms with Crippen molar-refractivity contribution >= 4 is 5.91 Å². The lowest BCUT2D eigenvalue weighted by atomic mass is 10.0. The molecular formula is C10H11FN4O2. The Kier molecular flexibility index (Phi) is 2.95. The number of nitriles is 1. The average molecular weight is 238 g/mol. The Hall–Kier alpha value is -2.10. The van der Waals surface area contributed by atoms with E-state index in [0.29, 0.717) is 18.7 Å². The van der Waals surface area contributed by atoms with Crippen LogP contribution in [0.2, 0.25) is 0 Å². The molecule has 1 aliphatic rings. The Morgan fingerprint density at radius 3 is 3.06 bits per heavy atom. The highest BCUT2D eigenvalue weighted by atomic mass is 19.1. The number of halogens is 1. The minimum atomic E-state index is -0.742. The maximum Gasteiger partial charge on any atom is 0.304 e. The number of nitrogens with two attached hydrogens (primary N) is 1. The molecule has 6 nitrogen and oxygen atoms in total. The number of amides is 1. The van der Waals surface area contributed by atoms with Gasteiger partial charge in [-0.15, -0.1) is 0 Å². The first-order valence-electron chi connectivity index (χ1n) is 5.13. The fourth-order valence-corrected chi connectivity index (χ4v) is 1.99. The molecule has 2 rings (SSSR count). The normalized spacial score (nSPS) is 23.6. The van der Waals surface area contributed by atoms with Gasteiger partial charge in [0.15, 0.2) is 6.19 Å². The Bertz CT molecular complexity index is 467. The summed E-state index contributed by atoms with van der Waals surface area (Å²) in [5, 5.41) is 8.82. The summed E-state index contributed by atoms with van der Waals surface area (Å²) >= 11 is 0. The number of aromatic nitrogens is 1. The van der Waals surface area contributed by atoms with E-state index in [0.717, 1.165) is 0 Å². The number of primary amides is 1. The number of nitrogens with zero attached hydrogens (tertiary/aromatic N) is 3. The van der Waals surface area contributed by atoms with Gasteiger partial charge in [-0.3, -0.25) is 4.79 Å². The van der Waals surface area contributed by atoms with Gasteiger partial charge in [-0.05, 0) is 6.42 Å². The van der Waals surface area contributed by atoms with Gasteiger partial charge in [-0.1, -0.05) is 0 Å². The highest BCUT2D eigenvalue weighted by Gasteiger charge is 2.34. The van der Waals surface area contributed by atoms with Crippen molar-refractivity contribution in [2.75, 3.05) is 13.2 Å². The standard InChI is InChI=1S/C10H11FN4O2/c11-2-7-1-6(3-15(7)5-12)8-4-17-10(14-8)9(13)16/h4,6-7H,1-3H2,(H2,13,16)/t6-,7+/m1/s1. The molecule has 2 N–H and O–H groups in total. The molecular weight excluding hydrogens is 227 g/mol. The predicted molar refractivity (Wildman–Crippen MR) is 54.5 cm³/mol. The number of alkyl halides is 1. The molecule has 1 amide bonds. The minimum absolute atomic E-state index is 0.104. The van der Waals surface area contributed by atoms with Crippen molar-refractivity contribution < 1.29 is 13.6 Å². The maximum absolute atomic E-state index is 12.6. The Morgan fingerprint density at radius 1 is 1.82 bits per heavy atom. The topological polar surface area (TPSA) is 96.1 Å². The van der Waals surface area contributed by atoms with E-state index in [1.807, 2.05) is 6.19 Å². The predicted octanol–water partition coefficient (Wildman–Crippen LogP) is 0.382. The van der Waals surface area contributed by atoms with Crippen LogP contribution >= 0.6 is 0 Å². The molecule has 0 unspecified atom stereocenters. The van der Waals surface area contributed by atoms with E-state index in [2.05, 4.69) is 4.98 Å². The lowest BCUT2D eigenvalue weighted by molar-refractivity contribution is 0.0967. The number of hydrogen-bond acceptors (Lipinski definition) is 5. The molecule has 1 fully saturated rings. The van der Waals surface area contributed by atoms with Crippen LogP contribution in [0.1, 0.15) is 28.7 Å². The van der Waals surface area contributed by atoms with Crippen molar-refractivity contribution in [2.24, 2.45) is 5.73 Å². The van der Waals surface area contributed by atoms with E-state index in [1.165, 1.54) is 11.2 Å². The molecule has 7 heteroatoms. The molecule has 0 saturated carbocycles. The average Bonchev–Trinajstić information content (AvgIpc) is 2.94. The van der Waals surface area contributed by atoms with Crippen molar-refractivity contribution in [1.29, 1.82) is 5.26 Å². The third-order valence-electron chi connectivity index (χ3n) is 2.87. The van der Waals surface area contributed by atoms with Gasteiger partial charge in [-0.2, -0.15) is 5.26 Å². The van der Waals surface area contributed by atoms with Crippen LogP contribution in [0.4, 0.5) is 4.39 Å². The summed E-state index contributed by atoms with van der Waals surface area (Å²) < 4.78 is 17.5. The molecule has 0 aromatic carbocycles. The highest BCUT2D eigenvalue weighted by Crippen LogP contribution is 2.30. The van der Waals surface area contributed by atoms with Gasteiger partial charge in [0.05, 0.1) is 11.7 Å². The third kappa shape index (κ3) is 2.06. The van der Waals surface area contributed by atoms with Gasteiger partial charge in [0.1, 0.15) is 12.9 Å². The number of carbonyl (C=O) groups is 1. The molecule has 0 bridgehead atoms. The van der Waals surface area contributed by atoms with Crippen LogP contribution in [0.15, 0.2) is 10.7 Å². The monoisotopic (exact) mass is 238 g/mol. The molecule has 1 aromatic heterocycles. The summed E-state index contributed by atoms with van der Waals surface area (Å²) in [5.41, 5.74) is 5.55. The van der Waals surface area contributed by atoms with E-state index in [9.17, 15) is 9.18 Å². The summed E-state index contributed by atoms with van der Waals surface area (Å²) in [4.78, 5) is 16.1. The van der Waals surface area contributed by atoms with Gasteiger partial charge in [0.2, 0.25) is 0 Å². The quantitative estimate of drug-likeness (QED) is 0.768. The second kappa shape index (κ2) is 4.41. The van der Waals surface area contributed by atoms with Crippen LogP contribution in [0.3, 0.4) is 0 Å². The fourth-order valence-electron chi connectivity index (χ4n) is 1.99. The molecule has 17 heavy (non-hydrogen) atoms. The van der Waals surface area contributed by atoms with Gasteiger partial charge in [0, 0.05) is 12.5 Å². The molecule has 1 aliphatic heterocycles. The molecule has 90 valence electrons.